The summed E-state index contributed by atoms with van der Waals surface area (Å²) in [5.74, 6) is -0.882. The monoisotopic (exact) mass is 901 g/mol. The van der Waals surface area contributed by atoms with Crippen molar-refractivity contribution in [3.63, 3.8) is 0 Å². The summed E-state index contributed by atoms with van der Waals surface area (Å²) in [6.07, 6.45) is 62.2. The van der Waals surface area contributed by atoms with E-state index in [0.717, 1.165) is 83.5 Å². The van der Waals surface area contributed by atoms with Gasteiger partial charge in [-0.25, -0.2) is 0 Å². The molecule has 0 aromatic rings. The molecule has 0 N–H and O–H groups in total. The van der Waals surface area contributed by atoms with E-state index >= 15 is 0 Å². The zero-order chi connectivity index (χ0) is 46.5. The molecule has 0 fully saturated rings. The van der Waals surface area contributed by atoms with Gasteiger partial charge in [-0.2, -0.15) is 0 Å². The van der Waals surface area contributed by atoms with Crippen LogP contribution in [0.2, 0.25) is 0 Å². The van der Waals surface area contributed by atoms with Crippen LogP contribution in [0.25, 0.3) is 0 Å². The number of hydrogen-bond acceptors (Lipinski definition) is 6. The third-order valence-corrected chi connectivity index (χ3v) is 12.7. The van der Waals surface area contributed by atoms with Crippen molar-refractivity contribution in [2.24, 2.45) is 0 Å². The fourth-order valence-electron chi connectivity index (χ4n) is 8.40. The highest BCUT2D eigenvalue weighted by atomic mass is 16.6. The molecule has 0 saturated carbocycles. The summed E-state index contributed by atoms with van der Waals surface area (Å²) in [4.78, 5) is 37.8. The van der Waals surface area contributed by atoms with Gasteiger partial charge in [0, 0.05) is 19.3 Å². The molecule has 0 aromatic carbocycles. The molecule has 0 aliphatic carbocycles. The first-order valence-corrected chi connectivity index (χ1v) is 28.3. The first kappa shape index (κ1) is 61.9. The Hall–Kier alpha value is -2.11. The maximum Gasteiger partial charge on any atom is 0.306 e. The minimum atomic E-state index is -0.771. The summed E-state index contributed by atoms with van der Waals surface area (Å²) in [5, 5.41) is 0. The molecule has 6 heteroatoms. The molecule has 0 aliphatic rings. The van der Waals surface area contributed by atoms with Crippen molar-refractivity contribution < 1.29 is 28.6 Å². The Labute approximate surface area is 398 Å². The van der Waals surface area contributed by atoms with Crippen molar-refractivity contribution in [2.75, 3.05) is 13.2 Å². The first-order chi connectivity index (χ1) is 31.5. The minimum Gasteiger partial charge on any atom is -0.462 e. The Morgan fingerprint density at radius 1 is 0.312 bits per heavy atom. The SMILES string of the molecule is CCCC/C=C\C/C=C\CCCCCCCC(=O)OC(COC(=O)CCCCCCCC)COC(=O)CCCCCCCCCCCCCCCCCCCCCCCCCCCC. The molecule has 0 rings (SSSR count). The van der Waals surface area contributed by atoms with Crippen LogP contribution in [-0.2, 0) is 28.6 Å². The fourth-order valence-corrected chi connectivity index (χ4v) is 8.40. The van der Waals surface area contributed by atoms with E-state index in [0.29, 0.717) is 19.3 Å². The zero-order valence-electron chi connectivity index (χ0n) is 43.1. The van der Waals surface area contributed by atoms with Crippen molar-refractivity contribution >= 4 is 17.9 Å². The standard InChI is InChI=1S/C58H108O6/c1-4-7-10-13-16-18-20-22-24-25-26-27-28-29-30-31-32-33-34-35-37-38-40-42-45-48-51-57(60)63-54-55(53-62-56(59)50-47-44-15-12-9-6-3)64-58(61)52-49-46-43-41-39-36-23-21-19-17-14-11-8-5-2/h14,17,21,23,55H,4-13,15-16,18-20,22,24-54H2,1-3H3/b17-14-,23-21-. The predicted octanol–water partition coefficient (Wildman–Crippen LogP) is 18.7. The normalized spacial score (nSPS) is 12.1. The van der Waals surface area contributed by atoms with Crippen LogP contribution in [0.5, 0.6) is 0 Å². The second-order valence-corrected chi connectivity index (χ2v) is 19.2. The van der Waals surface area contributed by atoms with Gasteiger partial charge in [-0.05, 0) is 44.9 Å². The van der Waals surface area contributed by atoms with Crippen LogP contribution in [0.15, 0.2) is 24.3 Å². The molecule has 0 amide bonds. The van der Waals surface area contributed by atoms with Gasteiger partial charge in [-0.3, -0.25) is 14.4 Å². The largest absolute Gasteiger partial charge is 0.462 e. The minimum absolute atomic E-state index is 0.0730. The van der Waals surface area contributed by atoms with E-state index in [2.05, 4.69) is 45.1 Å². The Morgan fingerprint density at radius 3 is 0.906 bits per heavy atom. The number of esters is 3. The van der Waals surface area contributed by atoms with Gasteiger partial charge in [0.05, 0.1) is 0 Å². The van der Waals surface area contributed by atoms with E-state index < -0.39 is 6.10 Å². The quantitative estimate of drug-likeness (QED) is 0.0262. The number of allylic oxidation sites excluding steroid dienone is 4. The summed E-state index contributed by atoms with van der Waals surface area (Å²) in [6.45, 7) is 6.56. The van der Waals surface area contributed by atoms with Gasteiger partial charge < -0.3 is 14.2 Å². The van der Waals surface area contributed by atoms with Gasteiger partial charge in [-0.1, -0.05) is 270 Å². The molecular formula is C58H108O6. The molecule has 0 spiro atoms. The second kappa shape index (κ2) is 53.5. The molecule has 0 aromatic heterocycles. The average molecular weight is 901 g/mol. The van der Waals surface area contributed by atoms with Crippen LogP contribution in [0.3, 0.4) is 0 Å². The molecule has 0 saturated heterocycles. The molecule has 64 heavy (non-hydrogen) atoms. The van der Waals surface area contributed by atoms with Crippen molar-refractivity contribution in [1.29, 1.82) is 0 Å². The van der Waals surface area contributed by atoms with Crippen LogP contribution in [0.4, 0.5) is 0 Å². The zero-order valence-corrected chi connectivity index (χ0v) is 43.1. The lowest BCUT2D eigenvalue weighted by molar-refractivity contribution is -0.167. The van der Waals surface area contributed by atoms with Gasteiger partial charge >= 0.3 is 17.9 Å². The van der Waals surface area contributed by atoms with Crippen molar-refractivity contribution in [1.82, 2.24) is 0 Å². The van der Waals surface area contributed by atoms with Crippen molar-refractivity contribution in [2.45, 2.75) is 316 Å². The van der Waals surface area contributed by atoms with Crippen molar-refractivity contribution in [3.05, 3.63) is 24.3 Å². The Balaban J connectivity index is 4.02. The number of ether oxygens (including phenoxy) is 3. The fraction of sp³-hybridized carbons (Fsp3) is 0.879. The number of unbranched alkanes of at least 4 members (excludes halogenated alkanes) is 37. The molecule has 376 valence electrons. The van der Waals surface area contributed by atoms with Gasteiger partial charge in [0.2, 0.25) is 0 Å². The third-order valence-electron chi connectivity index (χ3n) is 12.7. The topological polar surface area (TPSA) is 78.9 Å². The van der Waals surface area contributed by atoms with Gasteiger partial charge in [0.15, 0.2) is 6.10 Å². The number of hydrogen-bond donors (Lipinski definition) is 0. The molecule has 0 aliphatic heterocycles. The highest BCUT2D eigenvalue weighted by Crippen LogP contribution is 2.17. The molecular weight excluding hydrogens is 793 g/mol. The van der Waals surface area contributed by atoms with E-state index in [-0.39, 0.29) is 31.1 Å². The molecule has 1 unspecified atom stereocenters. The van der Waals surface area contributed by atoms with Crippen LogP contribution in [0, 0.1) is 0 Å². The third kappa shape index (κ3) is 50.9. The molecule has 0 radical (unpaired) electrons. The Bertz CT molecular complexity index is 1040. The highest BCUT2D eigenvalue weighted by molar-refractivity contribution is 5.71. The number of carbonyl (C=O) groups is 3. The maximum atomic E-state index is 12.7. The van der Waals surface area contributed by atoms with Crippen LogP contribution in [0.1, 0.15) is 310 Å². The van der Waals surface area contributed by atoms with E-state index in [1.165, 1.54) is 186 Å². The van der Waals surface area contributed by atoms with Crippen LogP contribution >= 0.6 is 0 Å². The lowest BCUT2D eigenvalue weighted by Gasteiger charge is -2.18. The molecule has 0 heterocycles. The summed E-state index contributed by atoms with van der Waals surface area (Å²) in [6, 6.07) is 0. The summed E-state index contributed by atoms with van der Waals surface area (Å²) in [5.41, 5.74) is 0. The van der Waals surface area contributed by atoms with Crippen LogP contribution in [-0.4, -0.2) is 37.2 Å². The summed E-state index contributed by atoms with van der Waals surface area (Å²) in [7, 11) is 0. The average Bonchev–Trinajstić information content (AvgIpc) is 3.29. The lowest BCUT2D eigenvalue weighted by atomic mass is 10.0. The smallest absolute Gasteiger partial charge is 0.306 e. The summed E-state index contributed by atoms with van der Waals surface area (Å²) < 4.78 is 16.7. The predicted molar refractivity (Wildman–Crippen MR) is 275 cm³/mol. The Morgan fingerprint density at radius 2 is 0.578 bits per heavy atom. The van der Waals surface area contributed by atoms with Gasteiger partial charge in [-0.15, -0.1) is 0 Å². The number of carbonyl (C=O) groups excluding carboxylic acids is 3. The molecule has 6 nitrogen and oxygen atoms in total. The first-order valence-electron chi connectivity index (χ1n) is 28.3. The van der Waals surface area contributed by atoms with Gasteiger partial charge in [0.1, 0.15) is 13.2 Å². The highest BCUT2D eigenvalue weighted by Gasteiger charge is 2.19. The van der Waals surface area contributed by atoms with Gasteiger partial charge in [0.25, 0.3) is 0 Å². The summed E-state index contributed by atoms with van der Waals surface area (Å²) >= 11 is 0. The number of rotatable bonds is 52. The molecule has 0 bridgehead atoms. The van der Waals surface area contributed by atoms with Crippen molar-refractivity contribution in [3.8, 4) is 0 Å². The molecule has 1 atom stereocenters. The Kier molecular flexibility index (Phi) is 51.7. The van der Waals surface area contributed by atoms with E-state index in [9.17, 15) is 14.4 Å². The van der Waals surface area contributed by atoms with E-state index in [1.807, 2.05) is 0 Å². The lowest BCUT2D eigenvalue weighted by Crippen LogP contribution is -2.30. The maximum absolute atomic E-state index is 12.7. The second-order valence-electron chi connectivity index (χ2n) is 19.2. The van der Waals surface area contributed by atoms with Crippen LogP contribution < -0.4 is 0 Å². The van der Waals surface area contributed by atoms with E-state index in [1.54, 1.807) is 0 Å². The van der Waals surface area contributed by atoms with E-state index in [4.69, 9.17) is 14.2 Å².